The van der Waals surface area contributed by atoms with Crippen LogP contribution in [0.2, 0.25) is 0 Å². The molecule has 0 radical (unpaired) electrons. The van der Waals surface area contributed by atoms with Gasteiger partial charge in [-0.2, -0.15) is 8.78 Å². The van der Waals surface area contributed by atoms with E-state index in [9.17, 15) is 17.6 Å². The van der Waals surface area contributed by atoms with Crippen LogP contribution in [0.1, 0.15) is 0 Å². The quantitative estimate of drug-likeness (QED) is 0.458. The highest BCUT2D eigenvalue weighted by Crippen LogP contribution is 2.30. The van der Waals surface area contributed by atoms with Crippen molar-refractivity contribution in [2.24, 2.45) is 0 Å². The van der Waals surface area contributed by atoms with Gasteiger partial charge in [0.25, 0.3) is 0 Å². The van der Waals surface area contributed by atoms with E-state index in [0.29, 0.717) is 0 Å². The first-order valence-electron chi connectivity index (χ1n) is 1.84. The smallest absolute Gasteiger partial charge is 0.235 e. The van der Waals surface area contributed by atoms with Gasteiger partial charge in [-0.3, -0.25) is 0 Å². The molecule has 6 heteroatoms. The molecule has 0 aromatic rings. The third-order valence-corrected chi connectivity index (χ3v) is 0.964. The Kier molecular flexibility index (Phi) is 3.02. The Morgan fingerprint density at radius 3 is 1.56 bits per heavy atom. The van der Waals surface area contributed by atoms with Gasteiger partial charge in [-0.05, 0) is 11.6 Å². The fraction of sp³-hybridized carbons (Fsp3) is 1.00. The van der Waals surface area contributed by atoms with E-state index in [1.807, 2.05) is 0 Å². The van der Waals surface area contributed by atoms with Crippen molar-refractivity contribution in [3.63, 3.8) is 0 Å². The van der Waals surface area contributed by atoms with Crippen molar-refractivity contribution in [1.82, 2.24) is 0 Å². The molecule has 0 aromatic heterocycles. The summed E-state index contributed by atoms with van der Waals surface area (Å²) in [7, 11) is 0. The Labute approximate surface area is 58.7 Å². The van der Waals surface area contributed by atoms with E-state index < -0.39 is 17.2 Å². The summed E-state index contributed by atoms with van der Waals surface area (Å²) in [5, 5.41) is -4.22. The van der Waals surface area contributed by atoms with Crippen LogP contribution in [0.4, 0.5) is 17.6 Å². The lowest BCUT2D eigenvalue weighted by Crippen LogP contribution is -2.29. The minimum atomic E-state index is -4.22. The van der Waals surface area contributed by atoms with Crippen molar-refractivity contribution < 1.29 is 17.6 Å². The molecule has 0 rings (SSSR count). The number of hydrogen-bond donors (Lipinski definition) is 0. The first-order valence-corrected chi connectivity index (χ1v) is 2.66. The fourth-order valence-electron chi connectivity index (χ4n) is 0.143. The van der Waals surface area contributed by atoms with Crippen LogP contribution in [0.25, 0.3) is 0 Å². The molecule has 0 saturated carbocycles. The number of alkyl halides is 6. The summed E-state index contributed by atoms with van der Waals surface area (Å²) >= 11 is 8.35. The normalized spacial score (nSPS) is 19.3. The molecule has 0 aliphatic rings. The molecule has 2 atom stereocenters. The zero-order valence-corrected chi connectivity index (χ0v) is 5.43. The van der Waals surface area contributed by atoms with Crippen molar-refractivity contribution in [2.75, 3.05) is 0 Å². The molecule has 0 amide bonds. The van der Waals surface area contributed by atoms with Gasteiger partial charge < -0.3 is 0 Å². The average Bonchev–Trinajstić information content (AvgIpc) is 1.62. The van der Waals surface area contributed by atoms with Crippen LogP contribution in [0.3, 0.4) is 0 Å². The van der Waals surface area contributed by atoms with Crippen LogP contribution in [-0.2, 0) is 0 Å². The first-order chi connectivity index (χ1) is 3.85. The van der Waals surface area contributed by atoms with E-state index in [4.69, 9.17) is 0 Å². The third kappa shape index (κ3) is 3.11. The lowest BCUT2D eigenvalue weighted by molar-refractivity contribution is -0.0133. The third-order valence-electron chi connectivity index (χ3n) is 0.534. The summed E-state index contributed by atoms with van der Waals surface area (Å²) in [6, 6.07) is 0. The van der Waals surface area contributed by atoms with Crippen LogP contribution >= 0.6 is 23.2 Å². The van der Waals surface area contributed by atoms with Crippen molar-refractivity contribution in [3.8, 4) is 0 Å². The monoisotopic (exact) mass is 184 g/mol. The number of rotatable bonds is 2. The second-order valence-electron chi connectivity index (χ2n) is 1.28. The summed E-state index contributed by atoms with van der Waals surface area (Å²) in [6.45, 7) is 0. The maximum Gasteiger partial charge on any atom is 0.356 e. The molecule has 0 nitrogen and oxygen atoms in total. The highest BCUT2D eigenvalue weighted by molar-refractivity contribution is 6.24. The Balaban J connectivity index is 3.88. The van der Waals surface area contributed by atoms with Crippen molar-refractivity contribution in [3.05, 3.63) is 0 Å². The molecule has 9 heavy (non-hydrogen) atoms. The fourth-order valence-corrected chi connectivity index (χ4v) is 0.476. The number of halogens is 6. The lowest BCUT2D eigenvalue weighted by Gasteiger charge is -2.12. The molecular formula is C3H2Cl2F4. The van der Waals surface area contributed by atoms with Gasteiger partial charge in [-0.25, -0.2) is 8.78 Å². The first kappa shape index (κ1) is 9.30. The minimum absolute atomic E-state index is 2.77. The zero-order chi connectivity index (χ0) is 7.65. The Morgan fingerprint density at radius 2 is 1.56 bits per heavy atom. The van der Waals surface area contributed by atoms with E-state index in [2.05, 4.69) is 23.2 Å². The van der Waals surface area contributed by atoms with E-state index in [0.717, 1.165) is 0 Å². The molecule has 56 valence electrons. The van der Waals surface area contributed by atoms with Crippen LogP contribution in [0, 0.1) is 0 Å². The standard InChI is InChI=1S/C3H2Cl2F4/c4-2(7)1(6)3(5,8)9/h1-2H/t1-,2+/m0/s1. The van der Waals surface area contributed by atoms with Crippen LogP contribution in [0.15, 0.2) is 0 Å². The average molecular weight is 185 g/mol. The van der Waals surface area contributed by atoms with Crippen LogP contribution in [0.5, 0.6) is 0 Å². The second kappa shape index (κ2) is 2.92. The molecule has 0 aromatic carbocycles. The molecule has 0 saturated heterocycles. The molecule has 0 bridgehead atoms. The minimum Gasteiger partial charge on any atom is -0.235 e. The van der Waals surface area contributed by atoms with E-state index >= 15 is 0 Å². The van der Waals surface area contributed by atoms with Crippen LogP contribution in [-0.4, -0.2) is 17.2 Å². The van der Waals surface area contributed by atoms with E-state index in [-0.39, 0.29) is 0 Å². The maximum absolute atomic E-state index is 11.6. The van der Waals surface area contributed by atoms with Gasteiger partial charge in [-0.15, -0.1) is 0 Å². The van der Waals surface area contributed by atoms with Crippen molar-refractivity contribution >= 4 is 23.2 Å². The van der Waals surface area contributed by atoms with Gasteiger partial charge in [0.15, 0.2) is 0 Å². The van der Waals surface area contributed by atoms with Crippen molar-refractivity contribution in [2.45, 2.75) is 17.2 Å². The van der Waals surface area contributed by atoms with Crippen molar-refractivity contribution in [1.29, 1.82) is 0 Å². The highest BCUT2D eigenvalue weighted by atomic mass is 35.5. The molecule has 0 aliphatic heterocycles. The van der Waals surface area contributed by atoms with Crippen LogP contribution < -0.4 is 0 Å². The second-order valence-corrected chi connectivity index (χ2v) is 2.20. The maximum atomic E-state index is 11.6. The molecule has 0 spiro atoms. The summed E-state index contributed by atoms with van der Waals surface area (Å²) in [5.74, 6) is 0. The predicted molar refractivity (Wildman–Crippen MR) is 26.4 cm³/mol. The van der Waals surface area contributed by atoms with E-state index in [1.54, 1.807) is 0 Å². The van der Waals surface area contributed by atoms with Gasteiger partial charge in [-0.1, -0.05) is 11.6 Å². The largest absolute Gasteiger partial charge is 0.356 e. The summed E-state index contributed by atoms with van der Waals surface area (Å²) in [5.41, 5.74) is -2.77. The Morgan fingerprint density at radius 1 is 1.22 bits per heavy atom. The number of hydrogen-bond acceptors (Lipinski definition) is 0. The Hall–Kier alpha value is 0.300. The topological polar surface area (TPSA) is 0 Å². The summed E-state index contributed by atoms with van der Waals surface area (Å²) in [4.78, 5) is 0. The molecule has 0 aliphatic carbocycles. The van der Waals surface area contributed by atoms with E-state index in [1.165, 1.54) is 0 Å². The predicted octanol–water partition coefficient (Wildman–Crippen LogP) is 2.69. The molecule has 0 N–H and O–H groups in total. The zero-order valence-electron chi connectivity index (χ0n) is 3.92. The van der Waals surface area contributed by atoms with Gasteiger partial charge in [0.05, 0.1) is 0 Å². The van der Waals surface area contributed by atoms with Gasteiger partial charge in [0, 0.05) is 0 Å². The molecule has 0 fully saturated rings. The summed E-state index contributed by atoms with van der Waals surface area (Å²) in [6.07, 6.45) is -3.15. The lowest BCUT2D eigenvalue weighted by atomic mass is 10.4. The molecular weight excluding hydrogens is 183 g/mol. The molecule has 0 heterocycles. The summed E-state index contributed by atoms with van der Waals surface area (Å²) < 4.78 is 45.9. The SMILES string of the molecule is F[C@@H](Cl)[C@H](F)C(F)(F)Cl. The van der Waals surface area contributed by atoms with Gasteiger partial charge in [0.1, 0.15) is 0 Å². The highest BCUT2D eigenvalue weighted by Gasteiger charge is 2.42. The van der Waals surface area contributed by atoms with Gasteiger partial charge >= 0.3 is 5.38 Å². The van der Waals surface area contributed by atoms with Gasteiger partial charge in [0.2, 0.25) is 11.8 Å². The molecule has 0 unspecified atom stereocenters. The Bertz CT molecular complexity index is 88.3.